The highest BCUT2D eigenvalue weighted by Gasteiger charge is 2.27. The number of H-pyrrole nitrogens is 1. The smallest absolute Gasteiger partial charge is 0.254 e. The van der Waals surface area contributed by atoms with Crippen molar-refractivity contribution < 1.29 is 9.18 Å². The lowest BCUT2D eigenvalue weighted by atomic mass is 9.93. The number of halogens is 1. The normalized spacial score (nSPS) is 16.9. The molecule has 5 heteroatoms. The van der Waals surface area contributed by atoms with E-state index in [0.29, 0.717) is 6.54 Å². The first-order chi connectivity index (χ1) is 13.7. The van der Waals surface area contributed by atoms with Gasteiger partial charge in [-0.25, -0.2) is 4.39 Å². The Bertz CT molecular complexity index is 964. The molecule has 144 valence electrons. The summed E-state index contributed by atoms with van der Waals surface area (Å²) in [6.45, 7) is 3.54. The van der Waals surface area contributed by atoms with E-state index in [2.05, 4.69) is 17.1 Å². The number of piperidine rings is 1. The number of likely N-dealkylation sites (tertiary alicyclic amines) is 1. The molecule has 0 radical (unpaired) electrons. The molecule has 0 bridgehead atoms. The van der Waals surface area contributed by atoms with E-state index >= 15 is 0 Å². The molecule has 0 spiro atoms. The number of nitrogens with one attached hydrogen (secondary N) is 1. The Hall–Kier alpha value is -2.95. The lowest BCUT2D eigenvalue weighted by Gasteiger charge is -2.32. The molecule has 1 aliphatic rings. The second kappa shape index (κ2) is 7.97. The van der Waals surface area contributed by atoms with Crippen LogP contribution >= 0.6 is 0 Å². The highest BCUT2D eigenvalue weighted by molar-refractivity contribution is 5.95. The number of nitrogens with zero attached hydrogens (tertiary/aromatic N) is 2. The van der Waals surface area contributed by atoms with Gasteiger partial charge in [0.25, 0.3) is 5.91 Å². The number of amides is 1. The maximum Gasteiger partial charge on any atom is 0.254 e. The second-order valence-corrected chi connectivity index (χ2v) is 7.32. The van der Waals surface area contributed by atoms with Gasteiger partial charge in [0.05, 0.1) is 5.69 Å². The molecule has 4 rings (SSSR count). The molecule has 0 aliphatic carbocycles. The van der Waals surface area contributed by atoms with Crippen LogP contribution in [0.4, 0.5) is 4.39 Å². The van der Waals surface area contributed by atoms with E-state index in [1.807, 2.05) is 35.2 Å². The first-order valence-electron chi connectivity index (χ1n) is 9.84. The number of hydrogen-bond donors (Lipinski definition) is 1. The Kier molecular flexibility index (Phi) is 5.24. The van der Waals surface area contributed by atoms with Crippen molar-refractivity contribution in [1.82, 2.24) is 15.1 Å². The fourth-order valence-corrected chi connectivity index (χ4v) is 3.94. The van der Waals surface area contributed by atoms with Gasteiger partial charge in [-0.15, -0.1) is 0 Å². The molecule has 28 heavy (non-hydrogen) atoms. The SMILES string of the molecule is CCc1ccccc1C(=O)N1CCCC(c2cc(-c3ccc(F)cc3)n[nH]2)C1. The minimum absolute atomic E-state index is 0.112. The molecule has 1 amide bonds. The zero-order valence-corrected chi connectivity index (χ0v) is 16.0. The molecule has 1 aliphatic heterocycles. The third-order valence-corrected chi connectivity index (χ3v) is 5.51. The topological polar surface area (TPSA) is 49.0 Å². The summed E-state index contributed by atoms with van der Waals surface area (Å²) in [7, 11) is 0. The Morgan fingerprint density at radius 3 is 2.79 bits per heavy atom. The van der Waals surface area contributed by atoms with Gasteiger partial charge in [-0.1, -0.05) is 25.1 Å². The number of aromatic amines is 1. The molecule has 1 N–H and O–H groups in total. The quantitative estimate of drug-likeness (QED) is 0.710. The van der Waals surface area contributed by atoms with E-state index in [-0.39, 0.29) is 17.6 Å². The summed E-state index contributed by atoms with van der Waals surface area (Å²) in [6.07, 6.45) is 2.83. The highest BCUT2D eigenvalue weighted by Crippen LogP contribution is 2.29. The molecule has 1 aromatic heterocycles. The van der Waals surface area contributed by atoms with E-state index in [0.717, 1.165) is 53.9 Å². The molecule has 2 heterocycles. The van der Waals surface area contributed by atoms with Gasteiger partial charge in [0.15, 0.2) is 0 Å². The van der Waals surface area contributed by atoms with Gasteiger partial charge < -0.3 is 4.90 Å². The largest absolute Gasteiger partial charge is 0.338 e. The van der Waals surface area contributed by atoms with Gasteiger partial charge in [-0.05, 0) is 61.2 Å². The van der Waals surface area contributed by atoms with E-state index < -0.39 is 0 Å². The van der Waals surface area contributed by atoms with Gasteiger partial charge in [-0.3, -0.25) is 9.89 Å². The van der Waals surface area contributed by atoms with Crippen LogP contribution in [0.5, 0.6) is 0 Å². The summed E-state index contributed by atoms with van der Waals surface area (Å²) in [5.74, 6) is 0.0851. The van der Waals surface area contributed by atoms with Gasteiger partial charge >= 0.3 is 0 Å². The number of aryl methyl sites for hydroxylation is 1. The summed E-state index contributed by atoms with van der Waals surface area (Å²) in [6, 6.07) is 16.2. The van der Waals surface area contributed by atoms with Crippen LogP contribution in [0.1, 0.15) is 47.3 Å². The van der Waals surface area contributed by atoms with Crippen LogP contribution in [0.25, 0.3) is 11.3 Å². The summed E-state index contributed by atoms with van der Waals surface area (Å²) >= 11 is 0. The standard InChI is InChI=1S/C23H24FN3O/c1-2-16-6-3-4-8-20(16)23(28)27-13-5-7-18(15-27)22-14-21(25-26-22)17-9-11-19(24)12-10-17/h3-4,6,8-12,14,18H,2,5,7,13,15H2,1H3,(H,25,26). The van der Waals surface area contributed by atoms with Crippen LogP contribution in [0.15, 0.2) is 54.6 Å². The van der Waals surface area contributed by atoms with Crippen LogP contribution in [-0.2, 0) is 6.42 Å². The van der Waals surface area contributed by atoms with Crippen molar-refractivity contribution in [3.8, 4) is 11.3 Å². The molecule has 4 nitrogen and oxygen atoms in total. The van der Waals surface area contributed by atoms with Crippen LogP contribution in [0.2, 0.25) is 0 Å². The van der Waals surface area contributed by atoms with Crippen LogP contribution in [0.3, 0.4) is 0 Å². The van der Waals surface area contributed by atoms with Crippen LogP contribution in [0, 0.1) is 5.82 Å². The first kappa shape index (κ1) is 18.4. The number of carbonyl (C=O) groups excluding carboxylic acids is 1. The fourth-order valence-electron chi connectivity index (χ4n) is 3.94. The van der Waals surface area contributed by atoms with E-state index in [9.17, 15) is 9.18 Å². The first-order valence-corrected chi connectivity index (χ1v) is 9.84. The van der Waals surface area contributed by atoms with Gasteiger partial charge in [0.1, 0.15) is 5.82 Å². The predicted molar refractivity (Wildman–Crippen MR) is 108 cm³/mol. The molecule has 1 unspecified atom stereocenters. The summed E-state index contributed by atoms with van der Waals surface area (Å²) in [4.78, 5) is 15.0. The maximum absolute atomic E-state index is 13.1. The molecular weight excluding hydrogens is 353 g/mol. The average Bonchev–Trinajstić information content (AvgIpc) is 3.24. The Labute approximate surface area is 164 Å². The number of rotatable bonds is 4. The molecule has 3 aromatic rings. The van der Waals surface area contributed by atoms with E-state index in [4.69, 9.17) is 0 Å². The second-order valence-electron chi connectivity index (χ2n) is 7.32. The Morgan fingerprint density at radius 2 is 2.00 bits per heavy atom. The Morgan fingerprint density at radius 1 is 1.21 bits per heavy atom. The summed E-state index contributed by atoms with van der Waals surface area (Å²) in [5, 5.41) is 7.52. The number of benzene rings is 2. The lowest BCUT2D eigenvalue weighted by Crippen LogP contribution is -2.39. The average molecular weight is 377 g/mol. The molecule has 2 aromatic carbocycles. The zero-order valence-electron chi connectivity index (χ0n) is 16.0. The third-order valence-electron chi connectivity index (χ3n) is 5.51. The monoisotopic (exact) mass is 377 g/mol. The van der Waals surface area contributed by atoms with Crippen LogP contribution < -0.4 is 0 Å². The predicted octanol–water partition coefficient (Wildman–Crippen LogP) is 4.80. The minimum Gasteiger partial charge on any atom is -0.338 e. The van der Waals surface area contributed by atoms with Gasteiger partial charge in [0.2, 0.25) is 0 Å². The van der Waals surface area contributed by atoms with Crippen LogP contribution in [-0.4, -0.2) is 34.1 Å². The molecule has 1 fully saturated rings. The number of carbonyl (C=O) groups is 1. The zero-order chi connectivity index (χ0) is 19.5. The minimum atomic E-state index is -0.256. The van der Waals surface area contributed by atoms with Crippen molar-refractivity contribution in [3.63, 3.8) is 0 Å². The van der Waals surface area contributed by atoms with Gasteiger partial charge in [-0.2, -0.15) is 5.10 Å². The number of aromatic nitrogens is 2. The molecule has 0 saturated carbocycles. The Balaban J connectivity index is 1.51. The van der Waals surface area contributed by atoms with Crippen molar-refractivity contribution in [2.24, 2.45) is 0 Å². The van der Waals surface area contributed by atoms with Crippen molar-refractivity contribution in [1.29, 1.82) is 0 Å². The molecule has 1 saturated heterocycles. The van der Waals surface area contributed by atoms with Crippen molar-refractivity contribution in [2.45, 2.75) is 32.1 Å². The lowest BCUT2D eigenvalue weighted by molar-refractivity contribution is 0.0705. The summed E-state index contributed by atoms with van der Waals surface area (Å²) in [5.41, 5.74) is 4.61. The fraction of sp³-hybridized carbons (Fsp3) is 0.304. The third kappa shape index (κ3) is 3.70. The number of hydrogen-bond acceptors (Lipinski definition) is 2. The molecule has 1 atom stereocenters. The maximum atomic E-state index is 13.1. The van der Waals surface area contributed by atoms with E-state index in [1.165, 1.54) is 12.1 Å². The summed E-state index contributed by atoms with van der Waals surface area (Å²) < 4.78 is 13.1. The van der Waals surface area contributed by atoms with Crippen molar-refractivity contribution >= 4 is 5.91 Å². The van der Waals surface area contributed by atoms with Crippen molar-refractivity contribution in [3.05, 3.63) is 77.2 Å². The van der Waals surface area contributed by atoms with E-state index in [1.54, 1.807) is 12.1 Å². The van der Waals surface area contributed by atoms with Gasteiger partial charge in [0, 0.05) is 35.8 Å². The van der Waals surface area contributed by atoms with Crippen molar-refractivity contribution in [2.75, 3.05) is 13.1 Å². The highest BCUT2D eigenvalue weighted by atomic mass is 19.1. The molecular formula is C23H24FN3O.